The van der Waals surface area contributed by atoms with Gasteiger partial charge in [-0.15, -0.1) is 0 Å². The van der Waals surface area contributed by atoms with E-state index in [-0.39, 0.29) is 11.4 Å². The summed E-state index contributed by atoms with van der Waals surface area (Å²) >= 11 is 6.37. The smallest absolute Gasteiger partial charge is 0.335 e. The molecule has 0 radical (unpaired) electrons. The van der Waals surface area contributed by atoms with Gasteiger partial charge in [-0.3, -0.25) is 4.98 Å². The summed E-state index contributed by atoms with van der Waals surface area (Å²) in [6.45, 7) is 1.78. The van der Waals surface area contributed by atoms with Gasteiger partial charge >= 0.3 is 5.97 Å². The number of fused-ring (bicyclic) bond motifs is 1. The third-order valence-electron chi connectivity index (χ3n) is 3.47. The molecular weight excluding hydrogens is 305 g/mol. The van der Waals surface area contributed by atoms with Crippen LogP contribution in [0.15, 0.2) is 42.5 Å². The molecule has 0 amide bonds. The number of aryl methyl sites for hydroxylation is 1. The third kappa shape index (κ3) is 2.42. The van der Waals surface area contributed by atoms with Crippen molar-refractivity contribution in [1.29, 1.82) is 0 Å². The average molecular weight is 316 g/mol. The molecule has 0 spiro atoms. The molecular formula is C17H11ClFNO2. The number of pyridine rings is 1. The second-order valence-corrected chi connectivity index (χ2v) is 5.31. The Hall–Kier alpha value is -2.46. The maximum Gasteiger partial charge on any atom is 0.335 e. The number of aromatic nitrogens is 1. The Morgan fingerprint density at radius 1 is 1.18 bits per heavy atom. The fraction of sp³-hybridized carbons (Fsp3) is 0.0588. The average Bonchev–Trinajstić information content (AvgIpc) is 2.49. The molecule has 5 heteroatoms. The van der Waals surface area contributed by atoms with Crippen molar-refractivity contribution in [1.82, 2.24) is 4.98 Å². The number of hydrogen-bond acceptors (Lipinski definition) is 2. The number of halogens is 2. The van der Waals surface area contributed by atoms with Crippen molar-refractivity contribution in [2.75, 3.05) is 0 Å². The Morgan fingerprint density at radius 2 is 1.86 bits per heavy atom. The number of nitrogens with zero attached hydrogens (tertiary/aromatic N) is 1. The lowest BCUT2D eigenvalue weighted by molar-refractivity contribution is 0.0697. The van der Waals surface area contributed by atoms with Crippen molar-refractivity contribution in [2.45, 2.75) is 6.92 Å². The number of aromatic carboxylic acids is 1. The van der Waals surface area contributed by atoms with Crippen LogP contribution in [-0.4, -0.2) is 16.1 Å². The van der Waals surface area contributed by atoms with Crippen LogP contribution in [0.25, 0.3) is 22.0 Å². The normalized spacial score (nSPS) is 10.9. The van der Waals surface area contributed by atoms with E-state index in [2.05, 4.69) is 4.98 Å². The van der Waals surface area contributed by atoms with Crippen LogP contribution in [0.5, 0.6) is 0 Å². The number of rotatable bonds is 2. The molecule has 0 atom stereocenters. The molecule has 1 N–H and O–H groups in total. The van der Waals surface area contributed by atoms with Gasteiger partial charge in [-0.05, 0) is 42.8 Å². The van der Waals surface area contributed by atoms with Gasteiger partial charge in [-0.2, -0.15) is 0 Å². The summed E-state index contributed by atoms with van der Waals surface area (Å²) < 4.78 is 13.1. The highest BCUT2D eigenvalue weighted by molar-refractivity contribution is 6.35. The van der Waals surface area contributed by atoms with Crippen molar-refractivity contribution in [3.8, 4) is 11.1 Å². The molecule has 22 heavy (non-hydrogen) atoms. The van der Waals surface area contributed by atoms with E-state index in [9.17, 15) is 9.18 Å². The summed E-state index contributed by atoms with van der Waals surface area (Å²) in [5.41, 5.74) is 2.80. The lowest BCUT2D eigenvalue weighted by atomic mass is 9.98. The Kier molecular flexibility index (Phi) is 3.54. The van der Waals surface area contributed by atoms with Crippen molar-refractivity contribution in [3.63, 3.8) is 0 Å². The largest absolute Gasteiger partial charge is 0.478 e. The lowest BCUT2D eigenvalue weighted by Gasteiger charge is -2.12. The highest BCUT2D eigenvalue weighted by Gasteiger charge is 2.15. The minimum atomic E-state index is -1.02. The van der Waals surface area contributed by atoms with Crippen LogP contribution in [0.3, 0.4) is 0 Å². The zero-order valence-corrected chi connectivity index (χ0v) is 12.4. The first-order valence-electron chi connectivity index (χ1n) is 6.56. The highest BCUT2D eigenvalue weighted by atomic mass is 35.5. The fourth-order valence-corrected chi connectivity index (χ4v) is 2.65. The van der Waals surface area contributed by atoms with Gasteiger partial charge in [0, 0.05) is 10.9 Å². The van der Waals surface area contributed by atoms with E-state index < -0.39 is 5.97 Å². The van der Waals surface area contributed by atoms with Gasteiger partial charge in [0.1, 0.15) is 5.82 Å². The van der Waals surface area contributed by atoms with E-state index in [0.717, 1.165) is 0 Å². The summed E-state index contributed by atoms with van der Waals surface area (Å²) in [5.74, 6) is -1.37. The quantitative estimate of drug-likeness (QED) is 0.745. The second-order valence-electron chi connectivity index (χ2n) is 4.93. The van der Waals surface area contributed by atoms with Crippen molar-refractivity contribution < 1.29 is 14.3 Å². The molecule has 110 valence electrons. The van der Waals surface area contributed by atoms with Crippen LogP contribution >= 0.6 is 11.6 Å². The zero-order chi connectivity index (χ0) is 15.9. The number of benzene rings is 2. The Morgan fingerprint density at radius 3 is 2.50 bits per heavy atom. The van der Waals surface area contributed by atoms with E-state index in [1.165, 1.54) is 24.3 Å². The molecule has 3 aromatic rings. The third-order valence-corrected chi connectivity index (χ3v) is 3.93. The monoisotopic (exact) mass is 315 g/mol. The van der Waals surface area contributed by atoms with Crippen LogP contribution in [0.1, 0.15) is 16.1 Å². The molecule has 0 aliphatic carbocycles. The molecule has 2 aromatic carbocycles. The van der Waals surface area contributed by atoms with Crippen LogP contribution in [0.4, 0.5) is 4.39 Å². The predicted octanol–water partition coefficient (Wildman–Crippen LogP) is 4.70. The van der Waals surface area contributed by atoms with Gasteiger partial charge in [0.15, 0.2) is 0 Å². The number of hydrogen-bond donors (Lipinski definition) is 1. The summed E-state index contributed by atoms with van der Waals surface area (Å²) in [6, 6.07) is 10.6. The Labute approximate surface area is 131 Å². The molecule has 1 heterocycles. The van der Waals surface area contributed by atoms with E-state index in [1.807, 2.05) is 0 Å². The molecule has 1 aromatic heterocycles. The van der Waals surface area contributed by atoms with Crippen LogP contribution in [0.2, 0.25) is 5.02 Å². The standard InChI is InChI=1S/C17H11ClFNO2/c1-9-16(18)15(10-2-5-12(19)6-3-10)13-8-11(17(21)22)4-7-14(13)20-9/h2-8H,1H3,(H,21,22). The topological polar surface area (TPSA) is 50.2 Å². The summed E-state index contributed by atoms with van der Waals surface area (Å²) in [7, 11) is 0. The second kappa shape index (κ2) is 5.39. The first-order valence-corrected chi connectivity index (χ1v) is 6.94. The molecule has 3 rings (SSSR count). The van der Waals surface area contributed by atoms with Crippen LogP contribution < -0.4 is 0 Å². The van der Waals surface area contributed by atoms with Gasteiger partial charge in [-0.1, -0.05) is 23.7 Å². The minimum Gasteiger partial charge on any atom is -0.478 e. The van der Waals surface area contributed by atoms with E-state index in [0.29, 0.717) is 32.7 Å². The first-order chi connectivity index (χ1) is 10.5. The van der Waals surface area contributed by atoms with Crippen molar-refractivity contribution in [2.24, 2.45) is 0 Å². The number of carboxylic acids is 1. The molecule has 0 fully saturated rings. The van der Waals surface area contributed by atoms with Crippen LogP contribution in [0, 0.1) is 12.7 Å². The fourth-order valence-electron chi connectivity index (χ4n) is 2.39. The van der Waals surface area contributed by atoms with Gasteiger partial charge in [0.25, 0.3) is 0 Å². The number of carboxylic acid groups (broad SMARTS) is 1. The summed E-state index contributed by atoms with van der Waals surface area (Å²) in [6.07, 6.45) is 0. The van der Waals surface area contributed by atoms with Crippen LogP contribution in [-0.2, 0) is 0 Å². The van der Waals surface area contributed by atoms with E-state index in [4.69, 9.17) is 16.7 Å². The molecule has 0 unspecified atom stereocenters. The summed E-state index contributed by atoms with van der Waals surface area (Å²) in [5, 5.41) is 10.2. The maximum absolute atomic E-state index is 13.1. The highest BCUT2D eigenvalue weighted by Crippen LogP contribution is 2.36. The Balaban J connectivity index is 2.39. The SMILES string of the molecule is Cc1nc2ccc(C(=O)O)cc2c(-c2ccc(F)cc2)c1Cl. The molecule has 3 nitrogen and oxygen atoms in total. The predicted molar refractivity (Wildman–Crippen MR) is 83.8 cm³/mol. The van der Waals surface area contributed by atoms with Gasteiger partial charge in [0.2, 0.25) is 0 Å². The van der Waals surface area contributed by atoms with E-state index in [1.54, 1.807) is 25.1 Å². The van der Waals surface area contributed by atoms with Crippen molar-refractivity contribution >= 4 is 28.5 Å². The molecule has 0 bridgehead atoms. The lowest BCUT2D eigenvalue weighted by Crippen LogP contribution is -1.98. The first kappa shape index (κ1) is 14.5. The van der Waals surface area contributed by atoms with E-state index >= 15 is 0 Å². The summed E-state index contributed by atoms with van der Waals surface area (Å²) in [4.78, 5) is 15.6. The molecule has 0 saturated heterocycles. The number of carbonyl (C=O) groups is 1. The molecule has 0 aliphatic heterocycles. The molecule has 0 aliphatic rings. The molecule has 0 saturated carbocycles. The van der Waals surface area contributed by atoms with Crippen molar-refractivity contribution in [3.05, 3.63) is 64.6 Å². The minimum absolute atomic E-state index is 0.151. The maximum atomic E-state index is 13.1. The van der Waals surface area contributed by atoms with Gasteiger partial charge in [0.05, 0.1) is 21.8 Å². The zero-order valence-electron chi connectivity index (χ0n) is 11.6. The van der Waals surface area contributed by atoms with Gasteiger partial charge in [-0.25, -0.2) is 9.18 Å². The Bertz CT molecular complexity index is 891. The van der Waals surface area contributed by atoms with Gasteiger partial charge < -0.3 is 5.11 Å².